The maximum atomic E-state index is 5.69. The highest BCUT2D eigenvalue weighted by Gasteiger charge is 2.30. The van der Waals surface area contributed by atoms with Crippen LogP contribution in [0, 0.1) is 6.92 Å². The Morgan fingerprint density at radius 2 is 2.33 bits per heavy atom. The van der Waals surface area contributed by atoms with Crippen LogP contribution in [-0.4, -0.2) is 11.0 Å². The molecule has 0 spiro atoms. The van der Waals surface area contributed by atoms with Crippen molar-refractivity contribution < 1.29 is 4.52 Å². The number of aryl methyl sites for hydroxylation is 1. The fourth-order valence-corrected chi connectivity index (χ4v) is 1.66. The number of hydrogen-bond acceptors (Lipinski definition) is 2. The van der Waals surface area contributed by atoms with Crippen LogP contribution < -0.4 is 0 Å². The van der Waals surface area contributed by atoms with Crippen molar-refractivity contribution in [1.29, 1.82) is 0 Å². The molecule has 0 atom stereocenters. The first-order valence-electron chi connectivity index (χ1n) is 4.34. The molecule has 3 heteroatoms. The summed E-state index contributed by atoms with van der Waals surface area (Å²) in [6.07, 6.45) is 3.40. The van der Waals surface area contributed by atoms with Crippen molar-refractivity contribution in [3.05, 3.63) is 17.0 Å². The van der Waals surface area contributed by atoms with Gasteiger partial charge in [0.2, 0.25) is 0 Å². The van der Waals surface area contributed by atoms with Gasteiger partial charge in [-0.05, 0) is 26.2 Å². The first-order valence-corrected chi connectivity index (χ1v) is 4.87. The van der Waals surface area contributed by atoms with E-state index in [4.69, 9.17) is 16.1 Å². The standard InChI is InChI=1S/C9H12ClNO/c1-6-8(4-5-10)9(12-11-6)7-2-3-7/h7H,2-5H2,1H3. The highest BCUT2D eigenvalue weighted by Crippen LogP contribution is 2.42. The van der Waals surface area contributed by atoms with Crippen LogP contribution in [0.1, 0.15) is 35.8 Å². The molecule has 0 unspecified atom stereocenters. The summed E-state index contributed by atoms with van der Waals surface area (Å²) < 4.78 is 5.26. The number of nitrogens with zero attached hydrogens (tertiary/aromatic N) is 1. The second-order valence-corrected chi connectivity index (χ2v) is 3.70. The first-order chi connectivity index (χ1) is 5.83. The molecule has 0 saturated heterocycles. The monoisotopic (exact) mass is 185 g/mol. The van der Waals surface area contributed by atoms with Gasteiger partial charge in [0.1, 0.15) is 5.76 Å². The van der Waals surface area contributed by atoms with Gasteiger partial charge < -0.3 is 4.52 Å². The number of aromatic nitrogens is 1. The number of alkyl halides is 1. The molecule has 0 amide bonds. The SMILES string of the molecule is Cc1noc(C2CC2)c1CCCl. The summed E-state index contributed by atoms with van der Waals surface area (Å²) in [5.41, 5.74) is 2.25. The van der Waals surface area contributed by atoms with Crippen LogP contribution in [0.25, 0.3) is 0 Å². The van der Waals surface area contributed by atoms with E-state index in [-0.39, 0.29) is 0 Å². The maximum absolute atomic E-state index is 5.69. The van der Waals surface area contributed by atoms with Gasteiger partial charge in [0, 0.05) is 17.4 Å². The number of rotatable bonds is 3. The van der Waals surface area contributed by atoms with Crippen molar-refractivity contribution >= 4 is 11.6 Å². The van der Waals surface area contributed by atoms with Crippen molar-refractivity contribution in [2.45, 2.75) is 32.1 Å². The number of halogens is 1. The van der Waals surface area contributed by atoms with Gasteiger partial charge in [-0.1, -0.05) is 5.16 Å². The van der Waals surface area contributed by atoms with E-state index < -0.39 is 0 Å². The van der Waals surface area contributed by atoms with Gasteiger partial charge in [-0.3, -0.25) is 0 Å². The molecular weight excluding hydrogens is 174 g/mol. The van der Waals surface area contributed by atoms with Crippen LogP contribution in [0.4, 0.5) is 0 Å². The fourth-order valence-electron chi connectivity index (χ4n) is 1.47. The molecule has 2 nitrogen and oxygen atoms in total. The lowest BCUT2D eigenvalue weighted by molar-refractivity contribution is 0.379. The summed E-state index contributed by atoms with van der Waals surface area (Å²) in [4.78, 5) is 0. The third-order valence-electron chi connectivity index (χ3n) is 2.31. The van der Waals surface area contributed by atoms with Gasteiger partial charge in [0.15, 0.2) is 0 Å². The Labute approximate surface area is 76.9 Å². The molecule has 1 aliphatic rings. The highest BCUT2D eigenvalue weighted by molar-refractivity contribution is 6.18. The Morgan fingerprint density at radius 3 is 2.92 bits per heavy atom. The van der Waals surface area contributed by atoms with Gasteiger partial charge in [-0.25, -0.2) is 0 Å². The van der Waals surface area contributed by atoms with Crippen LogP contribution in [0.3, 0.4) is 0 Å². The lowest BCUT2D eigenvalue weighted by Crippen LogP contribution is -1.91. The molecule has 12 heavy (non-hydrogen) atoms. The Morgan fingerprint density at radius 1 is 1.58 bits per heavy atom. The fraction of sp³-hybridized carbons (Fsp3) is 0.667. The van der Waals surface area contributed by atoms with Crippen molar-refractivity contribution in [2.75, 3.05) is 5.88 Å². The molecule has 0 aromatic carbocycles. The van der Waals surface area contributed by atoms with Crippen LogP contribution in [0.15, 0.2) is 4.52 Å². The molecule has 2 rings (SSSR count). The smallest absolute Gasteiger partial charge is 0.143 e. The summed E-state index contributed by atoms with van der Waals surface area (Å²) in [6, 6.07) is 0. The largest absolute Gasteiger partial charge is 0.361 e. The van der Waals surface area contributed by atoms with Gasteiger partial charge in [0.05, 0.1) is 5.69 Å². The predicted octanol–water partition coefficient (Wildman–Crippen LogP) is 2.64. The Bertz CT molecular complexity index is 278. The molecule has 0 bridgehead atoms. The average Bonchev–Trinajstić information content (AvgIpc) is 2.82. The summed E-state index contributed by atoms with van der Waals surface area (Å²) in [7, 11) is 0. The molecule has 0 radical (unpaired) electrons. The zero-order chi connectivity index (χ0) is 8.55. The molecule has 1 aromatic heterocycles. The van der Waals surface area contributed by atoms with Gasteiger partial charge in [-0.15, -0.1) is 11.6 Å². The second kappa shape index (κ2) is 3.09. The van der Waals surface area contributed by atoms with Crippen LogP contribution in [0.5, 0.6) is 0 Å². The minimum absolute atomic E-state index is 0.643. The molecule has 1 aliphatic carbocycles. The van der Waals surface area contributed by atoms with E-state index in [1.54, 1.807) is 0 Å². The molecule has 0 N–H and O–H groups in total. The third kappa shape index (κ3) is 1.36. The Kier molecular flexibility index (Phi) is 2.09. The van der Waals surface area contributed by atoms with Crippen molar-refractivity contribution in [3.8, 4) is 0 Å². The second-order valence-electron chi connectivity index (χ2n) is 3.32. The maximum Gasteiger partial charge on any atom is 0.143 e. The molecule has 1 heterocycles. The normalized spacial score (nSPS) is 16.8. The molecule has 66 valence electrons. The highest BCUT2D eigenvalue weighted by atomic mass is 35.5. The quantitative estimate of drug-likeness (QED) is 0.677. The Balaban J connectivity index is 2.26. The molecule has 1 fully saturated rings. The van der Waals surface area contributed by atoms with Crippen LogP contribution >= 0.6 is 11.6 Å². The average molecular weight is 186 g/mol. The summed E-state index contributed by atoms with van der Waals surface area (Å²) >= 11 is 5.69. The zero-order valence-corrected chi connectivity index (χ0v) is 7.90. The van der Waals surface area contributed by atoms with Crippen LogP contribution in [-0.2, 0) is 6.42 Å². The minimum atomic E-state index is 0.643. The topological polar surface area (TPSA) is 26.0 Å². The lowest BCUT2D eigenvalue weighted by Gasteiger charge is -1.96. The summed E-state index contributed by atoms with van der Waals surface area (Å²) in [5.74, 6) is 2.39. The zero-order valence-electron chi connectivity index (χ0n) is 7.14. The predicted molar refractivity (Wildman–Crippen MR) is 47.6 cm³/mol. The molecule has 1 saturated carbocycles. The van der Waals surface area contributed by atoms with Crippen LogP contribution in [0.2, 0.25) is 0 Å². The van der Waals surface area contributed by atoms with Gasteiger partial charge >= 0.3 is 0 Å². The summed E-state index contributed by atoms with van der Waals surface area (Å²) in [6.45, 7) is 1.98. The van der Waals surface area contributed by atoms with Crippen molar-refractivity contribution in [1.82, 2.24) is 5.16 Å². The summed E-state index contributed by atoms with van der Waals surface area (Å²) in [5, 5.41) is 3.96. The molecular formula is C9H12ClNO. The van der Waals surface area contributed by atoms with Crippen molar-refractivity contribution in [2.24, 2.45) is 0 Å². The van der Waals surface area contributed by atoms with E-state index >= 15 is 0 Å². The van der Waals surface area contributed by atoms with E-state index in [1.807, 2.05) is 6.92 Å². The van der Waals surface area contributed by atoms with E-state index in [1.165, 1.54) is 18.4 Å². The molecule has 0 aliphatic heterocycles. The molecule has 1 aromatic rings. The first kappa shape index (κ1) is 8.11. The lowest BCUT2D eigenvalue weighted by atomic mass is 10.1. The number of hydrogen-bond donors (Lipinski definition) is 0. The van der Waals surface area contributed by atoms with E-state index in [9.17, 15) is 0 Å². The third-order valence-corrected chi connectivity index (χ3v) is 2.50. The van der Waals surface area contributed by atoms with E-state index in [0.717, 1.165) is 17.9 Å². The van der Waals surface area contributed by atoms with E-state index in [2.05, 4.69) is 5.16 Å². The Hall–Kier alpha value is -0.500. The van der Waals surface area contributed by atoms with Gasteiger partial charge in [0.25, 0.3) is 0 Å². The van der Waals surface area contributed by atoms with Crippen molar-refractivity contribution in [3.63, 3.8) is 0 Å². The minimum Gasteiger partial charge on any atom is -0.361 e. The van der Waals surface area contributed by atoms with E-state index in [0.29, 0.717) is 11.8 Å². The van der Waals surface area contributed by atoms with Gasteiger partial charge in [-0.2, -0.15) is 0 Å².